The third kappa shape index (κ3) is 6.42. The van der Waals surface area contributed by atoms with Gasteiger partial charge >= 0.3 is 11.9 Å². The molecule has 8 nitrogen and oxygen atoms in total. The number of methoxy groups -OCH3 is 1. The Kier molecular flexibility index (Phi) is 7.90. The molecule has 0 spiro atoms. The monoisotopic (exact) mass is 418 g/mol. The van der Waals surface area contributed by atoms with E-state index in [1.165, 1.54) is 42.7 Å². The topological polar surface area (TPSA) is 111 Å². The number of anilines is 1. The number of carbonyl (C=O) groups excluding carboxylic acids is 4. The number of hydrogen-bond donors (Lipinski definition) is 2. The molecule has 2 N–H and O–H groups in total. The first kappa shape index (κ1) is 22.1. The minimum atomic E-state index is -0.878. The first-order chi connectivity index (χ1) is 13.8. The molecule has 2 aromatic rings. The summed E-state index contributed by atoms with van der Waals surface area (Å²) in [5.41, 5.74) is 0.781. The van der Waals surface area contributed by atoms with Crippen molar-refractivity contribution >= 4 is 40.8 Å². The maximum atomic E-state index is 12.3. The Bertz CT molecular complexity index is 862. The van der Waals surface area contributed by atoms with Crippen LogP contribution in [0.4, 0.5) is 5.69 Å². The summed E-state index contributed by atoms with van der Waals surface area (Å²) in [5, 5.41) is 6.96. The Morgan fingerprint density at radius 3 is 2.31 bits per heavy atom. The first-order valence-electron chi connectivity index (χ1n) is 8.81. The third-order valence-electron chi connectivity index (χ3n) is 3.89. The van der Waals surface area contributed by atoms with Crippen LogP contribution in [-0.4, -0.2) is 43.5 Å². The number of hydrogen-bond acceptors (Lipinski definition) is 7. The van der Waals surface area contributed by atoms with Gasteiger partial charge in [-0.25, -0.2) is 9.59 Å². The van der Waals surface area contributed by atoms with Crippen LogP contribution in [0, 0.1) is 5.92 Å². The van der Waals surface area contributed by atoms with Gasteiger partial charge in [0.2, 0.25) is 0 Å². The molecule has 29 heavy (non-hydrogen) atoms. The van der Waals surface area contributed by atoms with Gasteiger partial charge in [0.25, 0.3) is 11.8 Å². The van der Waals surface area contributed by atoms with E-state index >= 15 is 0 Å². The van der Waals surface area contributed by atoms with Crippen LogP contribution < -0.4 is 10.6 Å². The zero-order chi connectivity index (χ0) is 21.4. The molecule has 0 unspecified atom stereocenters. The van der Waals surface area contributed by atoms with Crippen LogP contribution in [0.25, 0.3) is 0 Å². The van der Waals surface area contributed by atoms with Gasteiger partial charge in [0.05, 0.1) is 17.6 Å². The Labute approximate surface area is 172 Å². The van der Waals surface area contributed by atoms with Crippen molar-refractivity contribution in [3.05, 3.63) is 52.2 Å². The largest absolute Gasteiger partial charge is 0.465 e. The highest BCUT2D eigenvalue weighted by Crippen LogP contribution is 2.12. The van der Waals surface area contributed by atoms with Crippen LogP contribution in [0.2, 0.25) is 0 Å². The van der Waals surface area contributed by atoms with E-state index in [4.69, 9.17) is 4.74 Å². The second kappa shape index (κ2) is 10.4. The number of ether oxygens (including phenoxy) is 2. The van der Waals surface area contributed by atoms with Crippen molar-refractivity contribution in [1.82, 2.24) is 5.32 Å². The van der Waals surface area contributed by atoms with E-state index in [1.54, 1.807) is 31.4 Å². The molecule has 0 saturated heterocycles. The fourth-order valence-electron chi connectivity index (χ4n) is 2.35. The molecule has 0 aliphatic carbocycles. The number of carbonyl (C=O) groups is 4. The highest BCUT2D eigenvalue weighted by molar-refractivity contribution is 7.12. The summed E-state index contributed by atoms with van der Waals surface area (Å²) >= 11 is 1.26. The summed E-state index contributed by atoms with van der Waals surface area (Å²) in [4.78, 5) is 48.4. The zero-order valence-corrected chi connectivity index (χ0v) is 17.1. The smallest absolute Gasteiger partial charge is 0.337 e. The summed E-state index contributed by atoms with van der Waals surface area (Å²) < 4.78 is 9.66. The molecule has 0 bridgehead atoms. The van der Waals surface area contributed by atoms with Crippen LogP contribution in [0.15, 0.2) is 41.8 Å². The van der Waals surface area contributed by atoms with E-state index in [9.17, 15) is 19.2 Å². The van der Waals surface area contributed by atoms with Crippen molar-refractivity contribution in [1.29, 1.82) is 0 Å². The number of esters is 2. The van der Waals surface area contributed by atoms with Gasteiger partial charge in [0.1, 0.15) is 6.04 Å². The van der Waals surface area contributed by atoms with E-state index < -0.39 is 30.5 Å². The summed E-state index contributed by atoms with van der Waals surface area (Å²) in [6, 6.07) is 8.59. The summed E-state index contributed by atoms with van der Waals surface area (Å²) in [6.45, 7) is 3.03. The van der Waals surface area contributed by atoms with E-state index in [-0.39, 0.29) is 11.8 Å². The van der Waals surface area contributed by atoms with Gasteiger partial charge in [0, 0.05) is 5.69 Å². The lowest BCUT2D eigenvalue weighted by atomic mass is 10.0. The molecule has 0 radical (unpaired) electrons. The minimum Gasteiger partial charge on any atom is -0.465 e. The Morgan fingerprint density at radius 2 is 1.76 bits per heavy atom. The number of thiophene rings is 1. The molecule has 1 atom stereocenters. The lowest BCUT2D eigenvalue weighted by Gasteiger charge is -2.20. The van der Waals surface area contributed by atoms with Crippen LogP contribution >= 0.6 is 11.3 Å². The van der Waals surface area contributed by atoms with Crippen LogP contribution in [-0.2, 0) is 19.1 Å². The van der Waals surface area contributed by atoms with Gasteiger partial charge in [-0.3, -0.25) is 9.59 Å². The highest BCUT2D eigenvalue weighted by Gasteiger charge is 2.27. The molecule has 154 valence electrons. The van der Waals surface area contributed by atoms with Crippen molar-refractivity contribution in [2.24, 2.45) is 5.92 Å². The van der Waals surface area contributed by atoms with Gasteiger partial charge in [-0.1, -0.05) is 19.9 Å². The molecule has 2 amide bonds. The van der Waals surface area contributed by atoms with Crippen molar-refractivity contribution < 1.29 is 28.7 Å². The molecule has 1 aromatic heterocycles. The van der Waals surface area contributed by atoms with Gasteiger partial charge < -0.3 is 20.1 Å². The number of amides is 2. The SMILES string of the molecule is COC(=O)c1ccc(NC(=O)COC(=O)[C@H](NC(=O)c2cccs2)C(C)C)cc1. The Morgan fingerprint density at radius 1 is 1.07 bits per heavy atom. The highest BCUT2D eigenvalue weighted by atomic mass is 32.1. The van der Waals surface area contributed by atoms with Crippen LogP contribution in [0.1, 0.15) is 33.9 Å². The number of rotatable bonds is 8. The second-order valence-corrected chi connectivity index (χ2v) is 7.34. The predicted octanol–water partition coefficient (Wildman–Crippen LogP) is 2.47. The first-order valence-corrected chi connectivity index (χ1v) is 9.69. The number of benzene rings is 1. The maximum absolute atomic E-state index is 12.3. The number of nitrogens with one attached hydrogen (secondary N) is 2. The molecule has 1 heterocycles. The quantitative estimate of drug-likeness (QED) is 0.637. The fourth-order valence-corrected chi connectivity index (χ4v) is 2.98. The minimum absolute atomic E-state index is 0.222. The maximum Gasteiger partial charge on any atom is 0.337 e. The van der Waals surface area contributed by atoms with Crippen molar-refractivity contribution in [2.45, 2.75) is 19.9 Å². The fraction of sp³-hybridized carbons (Fsp3) is 0.300. The molecule has 0 fully saturated rings. The Hall–Kier alpha value is -3.20. The molecule has 1 aromatic carbocycles. The van der Waals surface area contributed by atoms with Gasteiger partial charge in [-0.05, 0) is 41.6 Å². The molecule has 0 aliphatic heterocycles. The normalized spacial score (nSPS) is 11.4. The van der Waals surface area contributed by atoms with E-state index in [2.05, 4.69) is 15.4 Å². The second-order valence-electron chi connectivity index (χ2n) is 6.40. The lowest BCUT2D eigenvalue weighted by Crippen LogP contribution is -2.45. The third-order valence-corrected chi connectivity index (χ3v) is 4.76. The predicted molar refractivity (Wildman–Crippen MR) is 108 cm³/mol. The lowest BCUT2D eigenvalue weighted by molar-refractivity contribution is -0.150. The van der Waals surface area contributed by atoms with E-state index in [0.717, 1.165) is 0 Å². The van der Waals surface area contributed by atoms with Crippen molar-refractivity contribution in [3.63, 3.8) is 0 Å². The molecule has 0 aliphatic rings. The summed E-state index contributed by atoms with van der Waals surface area (Å²) in [5.74, 6) is -2.32. The van der Waals surface area contributed by atoms with E-state index in [1.807, 2.05) is 0 Å². The van der Waals surface area contributed by atoms with Crippen LogP contribution in [0.5, 0.6) is 0 Å². The van der Waals surface area contributed by atoms with Gasteiger partial charge in [-0.15, -0.1) is 11.3 Å². The molecule has 9 heteroatoms. The summed E-state index contributed by atoms with van der Waals surface area (Å²) in [6.07, 6.45) is 0. The molecular formula is C20H22N2O6S. The van der Waals surface area contributed by atoms with Gasteiger partial charge in [0.15, 0.2) is 6.61 Å². The Balaban J connectivity index is 1.87. The van der Waals surface area contributed by atoms with Crippen molar-refractivity contribution in [2.75, 3.05) is 19.0 Å². The van der Waals surface area contributed by atoms with Crippen LogP contribution in [0.3, 0.4) is 0 Å². The average molecular weight is 418 g/mol. The molecule has 2 rings (SSSR count). The average Bonchev–Trinajstić information content (AvgIpc) is 3.24. The zero-order valence-electron chi connectivity index (χ0n) is 16.3. The molecular weight excluding hydrogens is 396 g/mol. The van der Waals surface area contributed by atoms with Crippen molar-refractivity contribution in [3.8, 4) is 0 Å². The molecule has 0 saturated carbocycles. The van der Waals surface area contributed by atoms with Gasteiger partial charge in [-0.2, -0.15) is 0 Å². The van der Waals surface area contributed by atoms with E-state index in [0.29, 0.717) is 16.1 Å². The standard InChI is InChI=1S/C20H22N2O6S/c1-12(2)17(22-18(24)15-5-4-10-29-15)20(26)28-11-16(23)21-14-8-6-13(7-9-14)19(25)27-3/h4-10,12,17H,11H2,1-3H3,(H,21,23)(H,22,24)/t17-/m1/s1. The summed E-state index contributed by atoms with van der Waals surface area (Å²) in [7, 11) is 1.28.